The van der Waals surface area contributed by atoms with Gasteiger partial charge in [-0.1, -0.05) is 46.0 Å². The second kappa shape index (κ2) is 10.2. The number of aliphatic imine (C=N–C) groups is 1. The van der Waals surface area contributed by atoms with Crippen molar-refractivity contribution in [3.8, 4) is 0 Å². The lowest BCUT2D eigenvalue weighted by Gasteiger charge is -2.12. The van der Waals surface area contributed by atoms with Crippen LogP contribution in [0.15, 0.2) is 29.5 Å². The molecule has 112 valence electrons. The Kier molecular flexibility index (Phi) is 8.43. The Bertz CT molecular complexity index is 375. The van der Waals surface area contributed by atoms with Crippen LogP contribution in [0.4, 0.5) is 5.69 Å². The first-order valence-electron chi connectivity index (χ1n) is 7.76. The van der Waals surface area contributed by atoms with Crippen molar-refractivity contribution < 1.29 is 0 Å². The maximum Gasteiger partial charge on any atom is 0.193 e. The molecule has 0 amide bonds. The third kappa shape index (κ3) is 7.12. The zero-order valence-electron chi connectivity index (χ0n) is 12.8. The number of aromatic nitrogens is 1. The second-order valence-corrected chi connectivity index (χ2v) is 5.15. The summed E-state index contributed by atoms with van der Waals surface area (Å²) in [4.78, 5) is 8.61. The van der Waals surface area contributed by atoms with Crippen LogP contribution in [0.1, 0.15) is 58.8 Å². The van der Waals surface area contributed by atoms with Crippen molar-refractivity contribution in [3.05, 3.63) is 24.5 Å². The second-order valence-electron chi connectivity index (χ2n) is 5.15. The Labute approximate surface area is 122 Å². The summed E-state index contributed by atoms with van der Waals surface area (Å²) in [6.45, 7) is 4.40. The lowest BCUT2D eigenvalue weighted by molar-refractivity contribution is 0.532. The van der Waals surface area contributed by atoms with Crippen molar-refractivity contribution in [1.29, 1.82) is 0 Å². The van der Waals surface area contributed by atoms with Crippen LogP contribution in [0.2, 0.25) is 0 Å². The molecule has 20 heavy (non-hydrogen) atoms. The molecule has 1 aromatic heterocycles. The summed E-state index contributed by atoms with van der Waals surface area (Å²) in [6.07, 6.45) is 12.1. The predicted octanol–water partition coefficient (Wildman–Crippen LogP) is 3.95. The van der Waals surface area contributed by atoms with Crippen molar-refractivity contribution >= 4 is 11.6 Å². The van der Waals surface area contributed by atoms with Crippen LogP contribution in [0, 0.1) is 0 Å². The van der Waals surface area contributed by atoms with Gasteiger partial charge in [-0.2, -0.15) is 0 Å². The summed E-state index contributed by atoms with van der Waals surface area (Å²) in [5.41, 5.74) is 6.83. The average molecular weight is 276 g/mol. The van der Waals surface area contributed by atoms with Crippen molar-refractivity contribution in [3.63, 3.8) is 0 Å². The normalized spacial score (nSPS) is 13.2. The van der Waals surface area contributed by atoms with Crippen LogP contribution in [-0.4, -0.2) is 17.0 Å². The molecule has 0 saturated heterocycles. The van der Waals surface area contributed by atoms with Gasteiger partial charge in [0.05, 0.1) is 17.9 Å². The van der Waals surface area contributed by atoms with Crippen LogP contribution in [0.5, 0.6) is 0 Å². The molecule has 1 rings (SSSR count). The molecule has 0 spiro atoms. The maximum atomic E-state index is 5.95. The van der Waals surface area contributed by atoms with E-state index in [0.717, 1.165) is 18.5 Å². The number of guanidine groups is 1. The van der Waals surface area contributed by atoms with E-state index in [9.17, 15) is 0 Å². The van der Waals surface area contributed by atoms with Gasteiger partial charge in [0.1, 0.15) is 0 Å². The minimum atomic E-state index is 0.320. The quantitative estimate of drug-likeness (QED) is 0.408. The minimum Gasteiger partial charge on any atom is -0.370 e. The van der Waals surface area contributed by atoms with Crippen molar-refractivity contribution in [2.24, 2.45) is 10.7 Å². The van der Waals surface area contributed by atoms with Crippen LogP contribution < -0.4 is 11.1 Å². The molecular weight excluding hydrogens is 248 g/mol. The molecule has 1 aromatic rings. The first kappa shape index (κ1) is 16.5. The van der Waals surface area contributed by atoms with Gasteiger partial charge < -0.3 is 11.1 Å². The van der Waals surface area contributed by atoms with E-state index in [1.807, 2.05) is 12.1 Å². The number of anilines is 1. The van der Waals surface area contributed by atoms with Gasteiger partial charge in [0.25, 0.3) is 0 Å². The summed E-state index contributed by atoms with van der Waals surface area (Å²) in [5, 5.41) is 3.08. The highest BCUT2D eigenvalue weighted by molar-refractivity contribution is 5.92. The van der Waals surface area contributed by atoms with Crippen LogP contribution >= 0.6 is 0 Å². The molecule has 0 aliphatic rings. The monoisotopic (exact) mass is 276 g/mol. The third-order valence-corrected chi connectivity index (χ3v) is 3.37. The number of unbranched alkanes of at least 4 members (excludes halogenated alkanes) is 4. The molecule has 0 aromatic carbocycles. The van der Waals surface area contributed by atoms with E-state index in [0.29, 0.717) is 12.0 Å². The number of pyridine rings is 1. The maximum absolute atomic E-state index is 5.95. The Balaban J connectivity index is 2.35. The zero-order chi connectivity index (χ0) is 14.6. The first-order chi connectivity index (χ1) is 9.76. The van der Waals surface area contributed by atoms with E-state index in [-0.39, 0.29) is 0 Å². The fourth-order valence-corrected chi connectivity index (χ4v) is 2.16. The summed E-state index contributed by atoms with van der Waals surface area (Å²) in [7, 11) is 0. The third-order valence-electron chi connectivity index (χ3n) is 3.37. The molecule has 0 fully saturated rings. The molecule has 1 heterocycles. The molecule has 0 radical (unpaired) electrons. The number of nitrogens with one attached hydrogen (secondary N) is 1. The fraction of sp³-hybridized carbons (Fsp3) is 0.625. The van der Waals surface area contributed by atoms with Crippen molar-refractivity contribution in [2.75, 3.05) is 5.32 Å². The zero-order valence-corrected chi connectivity index (χ0v) is 12.8. The van der Waals surface area contributed by atoms with E-state index in [1.54, 1.807) is 12.4 Å². The van der Waals surface area contributed by atoms with E-state index in [1.165, 1.54) is 32.1 Å². The van der Waals surface area contributed by atoms with Gasteiger partial charge in [-0.25, -0.2) is 4.99 Å². The molecule has 0 saturated carbocycles. The Morgan fingerprint density at radius 2 is 2.10 bits per heavy atom. The SMILES string of the molecule is CCCCCCCC(CC)N=C(N)Nc1cccnc1. The Hall–Kier alpha value is -1.58. The standard InChI is InChI=1S/C16H28N4/c1-3-5-6-7-8-10-14(4-2)19-16(17)20-15-11-9-12-18-13-15/h9,11-14H,3-8,10H2,1-2H3,(H3,17,19,20). The number of nitrogens with zero attached hydrogens (tertiary/aromatic N) is 2. The molecule has 3 N–H and O–H groups in total. The summed E-state index contributed by atoms with van der Waals surface area (Å²) in [5.74, 6) is 0.485. The van der Waals surface area contributed by atoms with Gasteiger partial charge in [-0.3, -0.25) is 4.98 Å². The van der Waals surface area contributed by atoms with Crippen LogP contribution in [0.25, 0.3) is 0 Å². The summed E-state index contributed by atoms with van der Waals surface area (Å²) >= 11 is 0. The van der Waals surface area contributed by atoms with Gasteiger partial charge in [-0.15, -0.1) is 0 Å². The van der Waals surface area contributed by atoms with Gasteiger partial charge in [-0.05, 0) is 25.0 Å². The average Bonchev–Trinajstić information content (AvgIpc) is 2.46. The molecular formula is C16H28N4. The highest BCUT2D eigenvalue weighted by Gasteiger charge is 2.05. The van der Waals surface area contributed by atoms with Gasteiger partial charge in [0.15, 0.2) is 5.96 Å². The molecule has 4 heteroatoms. The van der Waals surface area contributed by atoms with E-state index in [2.05, 4.69) is 29.1 Å². The summed E-state index contributed by atoms with van der Waals surface area (Å²) in [6, 6.07) is 4.13. The van der Waals surface area contributed by atoms with E-state index < -0.39 is 0 Å². The predicted molar refractivity (Wildman–Crippen MR) is 86.9 cm³/mol. The molecule has 0 bridgehead atoms. The highest BCUT2D eigenvalue weighted by atomic mass is 15.1. The smallest absolute Gasteiger partial charge is 0.193 e. The number of hydrogen-bond donors (Lipinski definition) is 2. The highest BCUT2D eigenvalue weighted by Crippen LogP contribution is 2.12. The minimum absolute atomic E-state index is 0.320. The Morgan fingerprint density at radius 3 is 2.75 bits per heavy atom. The molecule has 0 aliphatic carbocycles. The summed E-state index contributed by atoms with van der Waals surface area (Å²) < 4.78 is 0. The molecule has 1 unspecified atom stereocenters. The van der Waals surface area contributed by atoms with Crippen molar-refractivity contribution in [2.45, 2.75) is 64.8 Å². The lowest BCUT2D eigenvalue weighted by Crippen LogP contribution is -2.25. The van der Waals surface area contributed by atoms with Crippen LogP contribution in [-0.2, 0) is 0 Å². The number of nitrogens with two attached hydrogens (primary N) is 1. The molecule has 1 atom stereocenters. The van der Waals surface area contributed by atoms with Crippen LogP contribution in [0.3, 0.4) is 0 Å². The van der Waals surface area contributed by atoms with E-state index in [4.69, 9.17) is 5.73 Å². The lowest BCUT2D eigenvalue weighted by atomic mass is 10.1. The van der Waals surface area contributed by atoms with Gasteiger partial charge in [0.2, 0.25) is 0 Å². The Morgan fingerprint density at radius 1 is 1.30 bits per heavy atom. The van der Waals surface area contributed by atoms with E-state index >= 15 is 0 Å². The molecule has 0 aliphatic heterocycles. The topological polar surface area (TPSA) is 63.3 Å². The molecule has 4 nitrogen and oxygen atoms in total. The number of hydrogen-bond acceptors (Lipinski definition) is 2. The largest absolute Gasteiger partial charge is 0.370 e. The van der Waals surface area contributed by atoms with Gasteiger partial charge >= 0.3 is 0 Å². The van der Waals surface area contributed by atoms with Crippen molar-refractivity contribution in [1.82, 2.24) is 4.98 Å². The van der Waals surface area contributed by atoms with Gasteiger partial charge in [0, 0.05) is 6.20 Å². The number of rotatable bonds is 9. The fourth-order valence-electron chi connectivity index (χ4n) is 2.16. The first-order valence-corrected chi connectivity index (χ1v) is 7.76.